The number of aromatic hydroxyl groups is 1. The van der Waals surface area contributed by atoms with Gasteiger partial charge in [0.25, 0.3) is 0 Å². The first-order valence-corrected chi connectivity index (χ1v) is 10.8. The number of aryl methyl sites for hydroxylation is 1. The number of rotatable bonds is 7. The predicted molar refractivity (Wildman–Crippen MR) is 123 cm³/mol. The van der Waals surface area contributed by atoms with E-state index in [4.69, 9.17) is 0 Å². The Morgan fingerprint density at radius 2 is 1.77 bits per heavy atom. The Labute approximate surface area is 185 Å². The van der Waals surface area contributed by atoms with Crippen molar-refractivity contribution >= 4 is 23.4 Å². The van der Waals surface area contributed by atoms with Crippen LogP contribution in [0.4, 0.5) is 5.69 Å². The SMILES string of the molecule is Cc1cccc(NC(=O)CSc2nnc(-c3ccccc3O)n2Cc2ccccc2)c1. The third kappa shape index (κ3) is 5.13. The second-order valence-electron chi connectivity index (χ2n) is 7.10. The second kappa shape index (κ2) is 9.49. The third-order valence-corrected chi connectivity index (χ3v) is 5.65. The maximum absolute atomic E-state index is 12.5. The number of carbonyl (C=O) groups excluding carboxylic acids is 1. The first kappa shape index (κ1) is 20.7. The maximum Gasteiger partial charge on any atom is 0.234 e. The van der Waals surface area contributed by atoms with E-state index in [0.717, 1.165) is 16.8 Å². The van der Waals surface area contributed by atoms with Crippen LogP contribution in [0.1, 0.15) is 11.1 Å². The van der Waals surface area contributed by atoms with Gasteiger partial charge in [0.2, 0.25) is 5.91 Å². The fraction of sp³-hybridized carbons (Fsp3) is 0.125. The molecule has 1 amide bonds. The molecule has 1 heterocycles. The van der Waals surface area contributed by atoms with Gasteiger partial charge >= 0.3 is 0 Å². The summed E-state index contributed by atoms with van der Waals surface area (Å²) < 4.78 is 1.93. The Kier molecular flexibility index (Phi) is 6.33. The Balaban J connectivity index is 1.57. The Bertz CT molecular complexity index is 1190. The quantitative estimate of drug-likeness (QED) is 0.414. The molecular formula is C24H22N4O2S. The van der Waals surface area contributed by atoms with Gasteiger partial charge in [0.1, 0.15) is 5.75 Å². The van der Waals surface area contributed by atoms with Gasteiger partial charge in [0.05, 0.1) is 17.9 Å². The molecule has 0 bridgehead atoms. The maximum atomic E-state index is 12.5. The van der Waals surface area contributed by atoms with Gasteiger partial charge < -0.3 is 10.4 Å². The molecule has 0 aliphatic rings. The highest BCUT2D eigenvalue weighted by atomic mass is 32.2. The summed E-state index contributed by atoms with van der Waals surface area (Å²) in [5, 5.41) is 22.5. The third-order valence-electron chi connectivity index (χ3n) is 4.68. The molecule has 156 valence electrons. The molecule has 0 saturated heterocycles. The fourth-order valence-electron chi connectivity index (χ4n) is 3.22. The number of phenols is 1. The first-order valence-electron chi connectivity index (χ1n) is 9.85. The number of nitrogens with zero attached hydrogens (tertiary/aromatic N) is 3. The lowest BCUT2D eigenvalue weighted by Gasteiger charge is -2.11. The number of hydrogen-bond donors (Lipinski definition) is 2. The Morgan fingerprint density at radius 3 is 2.55 bits per heavy atom. The molecule has 0 spiro atoms. The summed E-state index contributed by atoms with van der Waals surface area (Å²) in [7, 11) is 0. The molecule has 31 heavy (non-hydrogen) atoms. The molecule has 7 heteroatoms. The van der Waals surface area contributed by atoms with Gasteiger partial charge in [0.15, 0.2) is 11.0 Å². The van der Waals surface area contributed by atoms with Crippen LogP contribution >= 0.6 is 11.8 Å². The van der Waals surface area contributed by atoms with E-state index in [1.54, 1.807) is 18.2 Å². The summed E-state index contributed by atoms with van der Waals surface area (Å²) in [5.41, 5.74) is 3.53. The number of hydrogen-bond acceptors (Lipinski definition) is 5. The standard InChI is InChI=1S/C24H22N4O2S/c1-17-8-7-11-19(14-17)25-22(30)16-31-24-27-26-23(20-12-5-6-13-21(20)29)28(24)15-18-9-3-2-4-10-18/h2-14,29H,15-16H2,1H3,(H,25,30). The van der Waals surface area contributed by atoms with Crippen molar-refractivity contribution in [1.82, 2.24) is 14.8 Å². The minimum atomic E-state index is -0.117. The molecule has 1 aromatic heterocycles. The summed E-state index contributed by atoms with van der Waals surface area (Å²) in [6, 6.07) is 24.7. The van der Waals surface area contributed by atoms with Crippen LogP contribution in [0.2, 0.25) is 0 Å². The number of anilines is 1. The van der Waals surface area contributed by atoms with Crippen LogP contribution in [0.25, 0.3) is 11.4 Å². The smallest absolute Gasteiger partial charge is 0.234 e. The van der Waals surface area contributed by atoms with Crippen molar-refractivity contribution in [2.24, 2.45) is 0 Å². The van der Waals surface area contributed by atoms with E-state index in [1.807, 2.05) is 72.2 Å². The van der Waals surface area contributed by atoms with E-state index >= 15 is 0 Å². The van der Waals surface area contributed by atoms with E-state index in [1.165, 1.54) is 11.8 Å². The van der Waals surface area contributed by atoms with E-state index in [-0.39, 0.29) is 17.4 Å². The number of benzene rings is 3. The molecule has 0 fully saturated rings. The summed E-state index contributed by atoms with van der Waals surface area (Å²) in [4.78, 5) is 12.5. The molecule has 6 nitrogen and oxygen atoms in total. The molecule has 0 aliphatic heterocycles. The fourth-order valence-corrected chi connectivity index (χ4v) is 3.95. The number of nitrogens with one attached hydrogen (secondary N) is 1. The van der Waals surface area contributed by atoms with Crippen molar-refractivity contribution in [2.45, 2.75) is 18.6 Å². The molecule has 0 aliphatic carbocycles. The molecular weight excluding hydrogens is 408 g/mol. The summed E-state index contributed by atoms with van der Waals surface area (Å²) in [6.07, 6.45) is 0. The molecule has 4 rings (SSSR count). The first-order chi connectivity index (χ1) is 15.1. The van der Waals surface area contributed by atoms with Crippen LogP contribution in [0.15, 0.2) is 84.0 Å². The van der Waals surface area contributed by atoms with Gasteiger partial charge in [-0.15, -0.1) is 10.2 Å². The average Bonchev–Trinajstić information content (AvgIpc) is 3.15. The Hall–Kier alpha value is -3.58. The predicted octanol–water partition coefficient (Wildman–Crippen LogP) is 4.74. The minimum Gasteiger partial charge on any atom is -0.507 e. The number of para-hydroxylation sites is 1. The highest BCUT2D eigenvalue weighted by molar-refractivity contribution is 7.99. The average molecular weight is 431 g/mol. The van der Waals surface area contributed by atoms with E-state index < -0.39 is 0 Å². The van der Waals surface area contributed by atoms with Crippen LogP contribution in [0.5, 0.6) is 5.75 Å². The molecule has 0 saturated carbocycles. The lowest BCUT2D eigenvalue weighted by Crippen LogP contribution is -2.15. The molecule has 0 atom stereocenters. The van der Waals surface area contributed by atoms with E-state index in [9.17, 15) is 9.90 Å². The zero-order valence-electron chi connectivity index (χ0n) is 17.0. The summed E-state index contributed by atoms with van der Waals surface area (Å²) in [6.45, 7) is 2.51. The van der Waals surface area contributed by atoms with Crippen molar-refractivity contribution in [3.63, 3.8) is 0 Å². The van der Waals surface area contributed by atoms with Gasteiger partial charge in [-0.2, -0.15) is 0 Å². The van der Waals surface area contributed by atoms with E-state index in [2.05, 4.69) is 15.5 Å². The monoisotopic (exact) mass is 430 g/mol. The second-order valence-corrected chi connectivity index (χ2v) is 8.04. The highest BCUT2D eigenvalue weighted by Crippen LogP contribution is 2.30. The van der Waals surface area contributed by atoms with Gasteiger partial charge in [-0.1, -0.05) is 66.4 Å². The van der Waals surface area contributed by atoms with Gasteiger partial charge in [-0.3, -0.25) is 9.36 Å². The summed E-state index contributed by atoms with van der Waals surface area (Å²) >= 11 is 1.31. The lowest BCUT2D eigenvalue weighted by molar-refractivity contribution is -0.113. The molecule has 2 N–H and O–H groups in total. The van der Waals surface area contributed by atoms with E-state index in [0.29, 0.717) is 23.1 Å². The summed E-state index contributed by atoms with van der Waals surface area (Å²) in [5.74, 6) is 0.775. The van der Waals surface area contributed by atoms with Crippen LogP contribution in [0, 0.1) is 6.92 Å². The Morgan fingerprint density at radius 1 is 1.00 bits per heavy atom. The topological polar surface area (TPSA) is 80.0 Å². The van der Waals surface area contributed by atoms with Crippen LogP contribution in [0.3, 0.4) is 0 Å². The zero-order valence-corrected chi connectivity index (χ0v) is 17.8. The molecule has 3 aromatic carbocycles. The van der Waals surface area contributed by atoms with Crippen LogP contribution in [-0.2, 0) is 11.3 Å². The van der Waals surface area contributed by atoms with Crippen molar-refractivity contribution in [3.8, 4) is 17.1 Å². The minimum absolute atomic E-state index is 0.117. The van der Waals surface area contributed by atoms with Crippen molar-refractivity contribution in [2.75, 3.05) is 11.1 Å². The van der Waals surface area contributed by atoms with Crippen LogP contribution < -0.4 is 5.32 Å². The van der Waals surface area contributed by atoms with Crippen LogP contribution in [-0.4, -0.2) is 31.5 Å². The molecule has 0 unspecified atom stereocenters. The van der Waals surface area contributed by atoms with Crippen molar-refractivity contribution in [3.05, 3.63) is 90.0 Å². The van der Waals surface area contributed by atoms with Crippen molar-refractivity contribution < 1.29 is 9.90 Å². The zero-order chi connectivity index (χ0) is 21.6. The van der Waals surface area contributed by atoms with Gasteiger partial charge in [0, 0.05) is 5.69 Å². The number of aromatic nitrogens is 3. The number of carbonyl (C=O) groups is 1. The number of phenolic OH excluding ortho intramolecular Hbond substituents is 1. The lowest BCUT2D eigenvalue weighted by atomic mass is 10.1. The number of amides is 1. The highest BCUT2D eigenvalue weighted by Gasteiger charge is 2.18. The molecule has 4 aromatic rings. The van der Waals surface area contributed by atoms with Gasteiger partial charge in [-0.25, -0.2) is 0 Å². The largest absolute Gasteiger partial charge is 0.507 e. The van der Waals surface area contributed by atoms with Crippen molar-refractivity contribution in [1.29, 1.82) is 0 Å². The normalized spacial score (nSPS) is 10.7. The molecule has 0 radical (unpaired) electrons. The number of thioether (sulfide) groups is 1. The van der Waals surface area contributed by atoms with Gasteiger partial charge in [-0.05, 0) is 42.3 Å².